The van der Waals surface area contributed by atoms with Gasteiger partial charge in [-0.05, 0) is 37.6 Å². The number of nitrogens with zero attached hydrogens (tertiary/aromatic N) is 4. The Labute approximate surface area is 173 Å². The van der Waals surface area contributed by atoms with Gasteiger partial charge in [-0.3, -0.25) is 4.98 Å². The van der Waals surface area contributed by atoms with Crippen LogP contribution in [0.25, 0.3) is 0 Å². The predicted molar refractivity (Wildman–Crippen MR) is 119 cm³/mol. The fraction of sp³-hybridized carbons (Fsp3) is 0.400. The monoisotopic (exact) mass is 465 g/mol. The molecule has 1 aliphatic rings. The van der Waals surface area contributed by atoms with Crippen molar-refractivity contribution in [2.24, 2.45) is 4.99 Å². The Kier molecular flexibility index (Phi) is 8.15. The Morgan fingerprint density at radius 2 is 1.81 bits per heavy atom. The summed E-state index contributed by atoms with van der Waals surface area (Å²) in [5.74, 6) is 0.986. The third-order valence-corrected chi connectivity index (χ3v) is 4.53. The average Bonchev–Trinajstić information content (AvgIpc) is 2.67. The molecule has 0 bridgehead atoms. The van der Waals surface area contributed by atoms with Gasteiger partial charge in [0.2, 0.25) is 0 Å². The van der Waals surface area contributed by atoms with Gasteiger partial charge in [-0.25, -0.2) is 4.99 Å². The molecule has 0 aliphatic carbocycles. The molecule has 6 heteroatoms. The molecule has 1 aromatic carbocycles. The van der Waals surface area contributed by atoms with E-state index < -0.39 is 0 Å². The van der Waals surface area contributed by atoms with Gasteiger partial charge in [-0.2, -0.15) is 0 Å². The smallest absolute Gasteiger partial charge is 0.194 e. The van der Waals surface area contributed by atoms with Crippen LogP contribution in [0.3, 0.4) is 0 Å². The number of para-hydroxylation sites is 1. The second kappa shape index (κ2) is 10.4. The summed E-state index contributed by atoms with van der Waals surface area (Å²) in [5, 5.41) is 3.43. The number of benzene rings is 1. The third kappa shape index (κ3) is 5.33. The van der Waals surface area contributed by atoms with Gasteiger partial charge < -0.3 is 15.1 Å². The Morgan fingerprint density at radius 3 is 2.46 bits per heavy atom. The number of aliphatic imine (C=N–C) groups is 1. The van der Waals surface area contributed by atoms with Crippen molar-refractivity contribution in [3.63, 3.8) is 0 Å². The molecule has 1 saturated heterocycles. The molecule has 3 rings (SSSR count). The minimum absolute atomic E-state index is 0. The topological polar surface area (TPSA) is 43.8 Å². The molecule has 1 N–H and O–H groups in total. The molecule has 1 aliphatic heterocycles. The van der Waals surface area contributed by atoms with Crippen LogP contribution in [0.2, 0.25) is 0 Å². The van der Waals surface area contributed by atoms with E-state index >= 15 is 0 Å². The van der Waals surface area contributed by atoms with Crippen molar-refractivity contribution in [2.75, 3.05) is 37.6 Å². The molecule has 26 heavy (non-hydrogen) atoms. The van der Waals surface area contributed by atoms with Gasteiger partial charge in [0.15, 0.2) is 5.96 Å². The number of pyridine rings is 1. The molecule has 1 aromatic heterocycles. The third-order valence-electron chi connectivity index (χ3n) is 4.53. The SMILES string of the molecule is CCNC(=NCc1ncccc1C)N1CCN(c2ccccc2)CC1.I. The van der Waals surface area contributed by atoms with Crippen LogP contribution in [0.5, 0.6) is 0 Å². The van der Waals surface area contributed by atoms with E-state index in [2.05, 4.69) is 70.3 Å². The van der Waals surface area contributed by atoms with Crippen molar-refractivity contribution in [2.45, 2.75) is 20.4 Å². The molecule has 140 valence electrons. The molecule has 5 nitrogen and oxygen atoms in total. The highest BCUT2D eigenvalue weighted by molar-refractivity contribution is 14.0. The Balaban J connectivity index is 0.00000243. The van der Waals surface area contributed by atoms with Gasteiger partial charge in [-0.1, -0.05) is 24.3 Å². The van der Waals surface area contributed by atoms with E-state index in [0.29, 0.717) is 6.54 Å². The molecule has 0 atom stereocenters. The van der Waals surface area contributed by atoms with Crippen LogP contribution in [0.1, 0.15) is 18.2 Å². The Bertz CT molecular complexity index is 696. The second-order valence-electron chi connectivity index (χ2n) is 6.25. The summed E-state index contributed by atoms with van der Waals surface area (Å²) in [6.45, 7) is 9.66. The number of guanidine groups is 1. The summed E-state index contributed by atoms with van der Waals surface area (Å²) in [5.41, 5.74) is 3.53. The zero-order valence-corrected chi connectivity index (χ0v) is 17.9. The lowest BCUT2D eigenvalue weighted by molar-refractivity contribution is 0.372. The normalized spacial score (nSPS) is 14.8. The average molecular weight is 465 g/mol. The number of rotatable bonds is 4. The summed E-state index contributed by atoms with van der Waals surface area (Å²) >= 11 is 0. The molecule has 2 heterocycles. The summed E-state index contributed by atoms with van der Waals surface area (Å²) in [7, 11) is 0. The molecule has 0 saturated carbocycles. The zero-order valence-electron chi connectivity index (χ0n) is 15.6. The van der Waals surface area contributed by atoms with Crippen LogP contribution in [0, 0.1) is 6.92 Å². The minimum atomic E-state index is 0. The fourth-order valence-electron chi connectivity index (χ4n) is 3.07. The maximum Gasteiger partial charge on any atom is 0.194 e. The minimum Gasteiger partial charge on any atom is -0.368 e. The van der Waals surface area contributed by atoms with Crippen LogP contribution >= 0.6 is 24.0 Å². The highest BCUT2D eigenvalue weighted by Crippen LogP contribution is 2.15. The summed E-state index contributed by atoms with van der Waals surface area (Å²) in [6, 6.07) is 14.7. The number of aryl methyl sites for hydroxylation is 1. The van der Waals surface area contributed by atoms with Gasteiger partial charge in [-0.15, -0.1) is 24.0 Å². The van der Waals surface area contributed by atoms with Crippen LogP contribution in [0.4, 0.5) is 5.69 Å². The maximum atomic E-state index is 4.82. The maximum absolute atomic E-state index is 4.82. The number of piperazine rings is 1. The molecular weight excluding hydrogens is 437 g/mol. The van der Waals surface area contributed by atoms with Crippen LogP contribution < -0.4 is 10.2 Å². The number of aromatic nitrogens is 1. The first kappa shape index (κ1) is 20.5. The number of anilines is 1. The van der Waals surface area contributed by atoms with E-state index in [1.54, 1.807) is 0 Å². The lowest BCUT2D eigenvalue weighted by Crippen LogP contribution is -2.52. The van der Waals surface area contributed by atoms with Crippen LogP contribution in [0.15, 0.2) is 53.7 Å². The van der Waals surface area contributed by atoms with Crippen molar-refractivity contribution in [3.05, 3.63) is 59.9 Å². The van der Waals surface area contributed by atoms with Crippen molar-refractivity contribution in [1.29, 1.82) is 0 Å². The van der Waals surface area contributed by atoms with Gasteiger partial charge in [0, 0.05) is 44.6 Å². The van der Waals surface area contributed by atoms with Crippen molar-refractivity contribution < 1.29 is 0 Å². The van der Waals surface area contributed by atoms with Gasteiger partial charge in [0.25, 0.3) is 0 Å². The largest absolute Gasteiger partial charge is 0.368 e. The standard InChI is InChI=1S/C20H27N5.HI/c1-3-21-20(23-16-19-17(2)8-7-11-22-19)25-14-12-24(13-15-25)18-9-5-4-6-10-18;/h4-11H,3,12-16H2,1-2H3,(H,21,23);1H. The molecule has 0 spiro atoms. The molecule has 0 amide bonds. The van der Waals surface area contributed by atoms with E-state index in [0.717, 1.165) is 44.4 Å². The predicted octanol–water partition coefficient (Wildman–Crippen LogP) is 3.30. The number of hydrogen-bond acceptors (Lipinski definition) is 3. The van der Waals surface area contributed by atoms with Crippen LogP contribution in [-0.2, 0) is 6.54 Å². The molecule has 0 unspecified atom stereocenters. The first-order valence-corrected chi connectivity index (χ1v) is 9.01. The van der Waals surface area contributed by atoms with Crippen LogP contribution in [-0.4, -0.2) is 48.6 Å². The van der Waals surface area contributed by atoms with Gasteiger partial charge in [0.05, 0.1) is 12.2 Å². The summed E-state index contributed by atoms with van der Waals surface area (Å²) < 4.78 is 0. The fourth-order valence-corrected chi connectivity index (χ4v) is 3.07. The molecule has 2 aromatic rings. The molecular formula is C20H28IN5. The van der Waals surface area contributed by atoms with Crippen molar-refractivity contribution in [3.8, 4) is 0 Å². The van der Waals surface area contributed by atoms with E-state index in [-0.39, 0.29) is 24.0 Å². The molecule has 0 radical (unpaired) electrons. The summed E-state index contributed by atoms with van der Waals surface area (Å²) in [4.78, 5) is 14.0. The first-order valence-electron chi connectivity index (χ1n) is 9.01. The number of hydrogen-bond donors (Lipinski definition) is 1. The van der Waals surface area contributed by atoms with Gasteiger partial charge in [0.1, 0.15) is 0 Å². The summed E-state index contributed by atoms with van der Waals surface area (Å²) in [6.07, 6.45) is 1.84. The number of nitrogens with one attached hydrogen (secondary N) is 1. The zero-order chi connectivity index (χ0) is 17.5. The van der Waals surface area contributed by atoms with Crippen molar-refractivity contribution in [1.82, 2.24) is 15.2 Å². The van der Waals surface area contributed by atoms with E-state index in [1.807, 2.05) is 12.3 Å². The molecule has 1 fully saturated rings. The van der Waals surface area contributed by atoms with Crippen molar-refractivity contribution >= 4 is 35.6 Å². The van der Waals surface area contributed by atoms with E-state index in [1.165, 1.54) is 11.3 Å². The lowest BCUT2D eigenvalue weighted by atomic mass is 10.2. The highest BCUT2D eigenvalue weighted by atomic mass is 127. The van der Waals surface area contributed by atoms with E-state index in [9.17, 15) is 0 Å². The second-order valence-corrected chi connectivity index (χ2v) is 6.25. The van der Waals surface area contributed by atoms with E-state index in [4.69, 9.17) is 4.99 Å². The Hall–Kier alpha value is -1.83. The quantitative estimate of drug-likeness (QED) is 0.428. The van der Waals surface area contributed by atoms with Gasteiger partial charge >= 0.3 is 0 Å². The Morgan fingerprint density at radius 1 is 1.08 bits per heavy atom. The highest BCUT2D eigenvalue weighted by Gasteiger charge is 2.19. The number of halogens is 1. The lowest BCUT2D eigenvalue weighted by Gasteiger charge is -2.37. The first-order chi connectivity index (χ1) is 12.3.